The number of carbonyl (C=O) groups excluding carboxylic acids is 1. The number of phenolic OH excluding ortho intramolecular Hbond substituents is 1. The average Bonchev–Trinajstić information content (AvgIpc) is 2.46. The second-order valence-electron chi connectivity index (χ2n) is 4.17. The van der Waals surface area contributed by atoms with E-state index < -0.39 is 5.97 Å². The molecule has 20 heavy (non-hydrogen) atoms. The molecule has 0 saturated heterocycles. The van der Waals surface area contributed by atoms with E-state index in [4.69, 9.17) is 10.2 Å². The molecule has 0 saturated carbocycles. The molecule has 0 spiro atoms. The molecule has 0 bridgehead atoms. The number of carbonyl (C=O) groups is 2. The monoisotopic (exact) mass is 268 g/mol. The first-order valence-corrected chi connectivity index (χ1v) is 5.91. The zero-order chi connectivity index (χ0) is 14.5. The lowest BCUT2D eigenvalue weighted by molar-refractivity contribution is 0.0696. The Morgan fingerprint density at radius 3 is 1.95 bits per heavy atom. The van der Waals surface area contributed by atoms with Gasteiger partial charge in [0.2, 0.25) is 0 Å². The maximum atomic E-state index is 11.8. The topological polar surface area (TPSA) is 74.6 Å². The third-order valence-corrected chi connectivity index (χ3v) is 2.74. The van der Waals surface area contributed by atoms with Crippen LogP contribution < -0.4 is 0 Å². The Hall–Kier alpha value is -2.88. The Bertz CT molecular complexity index is 652. The number of hydrogen-bond donors (Lipinski definition) is 2. The number of aromatic hydroxyl groups is 1. The molecule has 100 valence electrons. The summed E-state index contributed by atoms with van der Waals surface area (Å²) in [4.78, 5) is 22.5. The number of allylic oxidation sites excluding steroid dienone is 1. The summed E-state index contributed by atoms with van der Waals surface area (Å²) in [6.07, 6.45) is 3.02. The smallest absolute Gasteiger partial charge is 0.335 e. The van der Waals surface area contributed by atoms with E-state index in [9.17, 15) is 9.59 Å². The van der Waals surface area contributed by atoms with E-state index in [1.54, 1.807) is 18.2 Å². The van der Waals surface area contributed by atoms with E-state index in [0.29, 0.717) is 5.56 Å². The fraction of sp³-hybridized carbons (Fsp3) is 0. The van der Waals surface area contributed by atoms with Gasteiger partial charge < -0.3 is 10.2 Å². The van der Waals surface area contributed by atoms with Crippen LogP contribution in [-0.4, -0.2) is 22.0 Å². The summed E-state index contributed by atoms with van der Waals surface area (Å²) in [6, 6.07) is 12.2. The van der Waals surface area contributed by atoms with E-state index >= 15 is 0 Å². The minimum Gasteiger partial charge on any atom is -0.508 e. The van der Waals surface area contributed by atoms with Gasteiger partial charge in [-0.25, -0.2) is 4.79 Å². The minimum atomic E-state index is -0.985. The van der Waals surface area contributed by atoms with Gasteiger partial charge in [0.05, 0.1) is 5.56 Å². The van der Waals surface area contributed by atoms with Gasteiger partial charge in [0, 0.05) is 5.56 Å². The average molecular weight is 268 g/mol. The van der Waals surface area contributed by atoms with E-state index in [1.165, 1.54) is 42.5 Å². The summed E-state index contributed by atoms with van der Waals surface area (Å²) in [7, 11) is 0. The number of phenols is 1. The SMILES string of the molecule is O=C(O)c1ccc(C=CC(=O)c2ccc(O)cc2)cc1. The highest BCUT2D eigenvalue weighted by atomic mass is 16.4. The van der Waals surface area contributed by atoms with Gasteiger partial charge in [0.15, 0.2) is 5.78 Å². The predicted molar refractivity (Wildman–Crippen MR) is 74.9 cm³/mol. The second kappa shape index (κ2) is 5.84. The molecule has 0 radical (unpaired) electrons. The summed E-state index contributed by atoms with van der Waals surface area (Å²) >= 11 is 0. The Morgan fingerprint density at radius 1 is 0.850 bits per heavy atom. The van der Waals surface area contributed by atoms with Crippen molar-refractivity contribution in [2.45, 2.75) is 0 Å². The molecule has 0 heterocycles. The maximum absolute atomic E-state index is 11.8. The van der Waals surface area contributed by atoms with E-state index in [1.807, 2.05) is 0 Å². The molecule has 0 unspecified atom stereocenters. The third-order valence-electron chi connectivity index (χ3n) is 2.74. The molecule has 2 aromatic rings. The van der Waals surface area contributed by atoms with Crippen molar-refractivity contribution < 1.29 is 19.8 Å². The molecule has 0 fully saturated rings. The van der Waals surface area contributed by atoms with Gasteiger partial charge >= 0.3 is 5.97 Å². The molecule has 2 rings (SSSR count). The fourth-order valence-electron chi connectivity index (χ4n) is 1.63. The summed E-state index contributed by atoms with van der Waals surface area (Å²) in [6.45, 7) is 0. The zero-order valence-electron chi connectivity index (χ0n) is 10.5. The summed E-state index contributed by atoms with van der Waals surface area (Å²) in [5.74, 6) is -1.07. The normalized spacial score (nSPS) is 10.6. The van der Waals surface area contributed by atoms with Gasteiger partial charge in [0.25, 0.3) is 0 Å². The molecule has 0 aliphatic heterocycles. The van der Waals surface area contributed by atoms with Crippen molar-refractivity contribution >= 4 is 17.8 Å². The number of ketones is 1. The van der Waals surface area contributed by atoms with Crippen LogP contribution in [0.3, 0.4) is 0 Å². The van der Waals surface area contributed by atoms with Crippen LogP contribution in [0.5, 0.6) is 5.75 Å². The van der Waals surface area contributed by atoms with E-state index in [0.717, 1.165) is 5.56 Å². The molecular weight excluding hydrogens is 256 g/mol. The maximum Gasteiger partial charge on any atom is 0.335 e. The molecule has 0 aliphatic rings. The van der Waals surface area contributed by atoms with Gasteiger partial charge in [-0.3, -0.25) is 4.79 Å². The lowest BCUT2D eigenvalue weighted by atomic mass is 10.1. The first-order valence-electron chi connectivity index (χ1n) is 5.91. The highest BCUT2D eigenvalue weighted by molar-refractivity contribution is 6.06. The molecule has 4 heteroatoms. The van der Waals surface area contributed by atoms with Crippen molar-refractivity contribution in [2.75, 3.05) is 0 Å². The quantitative estimate of drug-likeness (QED) is 0.660. The fourth-order valence-corrected chi connectivity index (χ4v) is 1.63. The highest BCUT2D eigenvalue weighted by Gasteiger charge is 2.02. The molecule has 0 aromatic heterocycles. The van der Waals surface area contributed by atoms with Crippen molar-refractivity contribution in [3.05, 3.63) is 71.3 Å². The van der Waals surface area contributed by atoms with E-state index in [-0.39, 0.29) is 17.1 Å². The summed E-state index contributed by atoms with van der Waals surface area (Å²) in [5, 5.41) is 17.9. The van der Waals surface area contributed by atoms with Gasteiger partial charge in [0.1, 0.15) is 5.75 Å². The molecule has 0 aliphatic carbocycles. The van der Waals surface area contributed by atoms with Crippen LogP contribution in [0.25, 0.3) is 6.08 Å². The molecule has 2 aromatic carbocycles. The number of rotatable bonds is 4. The Balaban J connectivity index is 2.10. The van der Waals surface area contributed by atoms with Crippen molar-refractivity contribution in [1.82, 2.24) is 0 Å². The minimum absolute atomic E-state index is 0.106. The van der Waals surface area contributed by atoms with Crippen LogP contribution >= 0.6 is 0 Å². The van der Waals surface area contributed by atoms with Crippen molar-refractivity contribution in [1.29, 1.82) is 0 Å². The largest absolute Gasteiger partial charge is 0.508 e. The van der Waals surface area contributed by atoms with Gasteiger partial charge in [-0.1, -0.05) is 18.2 Å². The molecule has 4 nitrogen and oxygen atoms in total. The lowest BCUT2D eigenvalue weighted by Crippen LogP contribution is -1.95. The number of benzene rings is 2. The molecule has 0 amide bonds. The second-order valence-corrected chi connectivity index (χ2v) is 4.17. The predicted octanol–water partition coefficient (Wildman–Crippen LogP) is 2.99. The molecule has 0 atom stereocenters. The van der Waals surface area contributed by atoms with E-state index in [2.05, 4.69) is 0 Å². The first-order chi connectivity index (χ1) is 9.56. The van der Waals surface area contributed by atoms with Crippen LogP contribution in [0.2, 0.25) is 0 Å². The molecule has 2 N–H and O–H groups in total. The summed E-state index contributed by atoms with van der Waals surface area (Å²) in [5.41, 5.74) is 1.41. The number of carboxylic acid groups (broad SMARTS) is 1. The number of hydrogen-bond acceptors (Lipinski definition) is 3. The van der Waals surface area contributed by atoms with Crippen LogP contribution in [0.4, 0.5) is 0 Å². The van der Waals surface area contributed by atoms with Gasteiger partial charge in [-0.15, -0.1) is 0 Å². The number of carboxylic acids is 1. The Kier molecular flexibility index (Phi) is 3.96. The lowest BCUT2D eigenvalue weighted by Gasteiger charge is -1.97. The van der Waals surface area contributed by atoms with Crippen molar-refractivity contribution in [2.24, 2.45) is 0 Å². The van der Waals surface area contributed by atoms with Gasteiger partial charge in [-0.2, -0.15) is 0 Å². The number of aromatic carboxylic acids is 1. The van der Waals surface area contributed by atoms with Crippen molar-refractivity contribution in [3.8, 4) is 5.75 Å². The van der Waals surface area contributed by atoms with Crippen LogP contribution in [0.15, 0.2) is 54.6 Å². The van der Waals surface area contributed by atoms with Gasteiger partial charge in [-0.05, 0) is 48.0 Å². The van der Waals surface area contributed by atoms with Crippen LogP contribution in [0, 0.1) is 0 Å². The summed E-state index contributed by atoms with van der Waals surface area (Å²) < 4.78 is 0. The first kappa shape index (κ1) is 13.5. The standard InChI is InChI=1S/C16H12O4/c17-14-8-6-12(7-9-14)15(18)10-3-11-1-4-13(5-2-11)16(19)20/h1-10,17H,(H,19,20). The molecular formula is C16H12O4. The Morgan fingerprint density at radius 2 is 1.40 bits per heavy atom. The zero-order valence-corrected chi connectivity index (χ0v) is 10.5. The third kappa shape index (κ3) is 3.32. The Labute approximate surface area is 115 Å². The highest BCUT2D eigenvalue weighted by Crippen LogP contribution is 2.12. The van der Waals surface area contributed by atoms with Crippen molar-refractivity contribution in [3.63, 3.8) is 0 Å². The van der Waals surface area contributed by atoms with Crippen LogP contribution in [-0.2, 0) is 0 Å². The van der Waals surface area contributed by atoms with Crippen LogP contribution in [0.1, 0.15) is 26.3 Å².